The van der Waals surface area contributed by atoms with Gasteiger partial charge in [-0.05, 0) is 24.3 Å². The van der Waals surface area contributed by atoms with Gasteiger partial charge in [-0.1, -0.05) is 23.7 Å². The molecule has 2 rings (SSSR count). The van der Waals surface area contributed by atoms with Crippen molar-refractivity contribution >= 4 is 23.0 Å². The summed E-state index contributed by atoms with van der Waals surface area (Å²) >= 11 is 6.23. The van der Waals surface area contributed by atoms with E-state index < -0.39 is 0 Å². The third-order valence-electron chi connectivity index (χ3n) is 3.21. The van der Waals surface area contributed by atoms with E-state index in [-0.39, 0.29) is 5.75 Å². The van der Waals surface area contributed by atoms with Gasteiger partial charge in [0.2, 0.25) is 0 Å². The van der Waals surface area contributed by atoms with Crippen molar-refractivity contribution in [3.63, 3.8) is 0 Å². The maximum Gasteiger partial charge on any atom is 0.162 e. The molecule has 0 aliphatic carbocycles. The molecule has 0 spiro atoms. The van der Waals surface area contributed by atoms with Crippen molar-refractivity contribution in [3.05, 3.63) is 47.0 Å². The fourth-order valence-electron chi connectivity index (χ4n) is 2.05. The van der Waals surface area contributed by atoms with Gasteiger partial charge in [0, 0.05) is 31.9 Å². The molecule has 0 saturated heterocycles. The summed E-state index contributed by atoms with van der Waals surface area (Å²) in [5, 5.41) is 14.0. The lowest BCUT2D eigenvalue weighted by Crippen LogP contribution is -2.09. The Bertz CT molecular complexity index is 630. The first-order valence-corrected chi connectivity index (χ1v) is 6.96. The first-order valence-electron chi connectivity index (χ1n) is 6.58. The Balaban J connectivity index is 2.12. The molecule has 21 heavy (non-hydrogen) atoms. The number of halogens is 1. The molecule has 0 aliphatic rings. The predicted molar refractivity (Wildman–Crippen MR) is 87.8 cm³/mol. The molecule has 4 nitrogen and oxygen atoms in total. The zero-order valence-electron chi connectivity index (χ0n) is 12.4. The molecular formula is C16H19ClN2O2. The highest BCUT2D eigenvalue weighted by Crippen LogP contribution is 2.31. The number of rotatable bonds is 5. The van der Waals surface area contributed by atoms with Crippen LogP contribution in [0.15, 0.2) is 36.4 Å². The van der Waals surface area contributed by atoms with Gasteiger partial charge in [0.15, 0.2) is 11.5 Å². The molecule has 0 aliphatic heterocycles. The van der Waals surface area contributed by atoms with Gasteiger partial charge in [0.25, 0.3) is 0 Å². The monoisotopic (exact) mass is 306 g/mol. The molecule has 0 unspecified atom stereocenters. The highest BCUT2D eigenvalue weighted by molar-refractivity contribution is 6.33. The zero-order valence-corrected chi connectivity index (χ0v) is 13.1. The number of hydrogen-bond donors (Lipinski definition) is 2. The predicted octanol–water partition coefficient (Wildman–Crippen LogP) is 3.73. The van der Waals surface area contributed by atoms with Crippen molar-refractivity contribution < 1.29 is 9.84 Å². The summed E-state index contributed by atoms with van der Waals surface area (Å²) in [4.78, 5) is 1.96. The Morgan fingerprint density at radius 3 is 2.62 bits per heavy atom. The molecule has 5 heteroatoms. The van der Waals surface area contributed by atoms with Crippen molar-refractivity contribution in [2.24, 2.45) is 0 Å². The number of phenolic OH excluding ortho intramolecular Hbond substituents is 1. The van der Waals surface area contributed by atoms with Crippen LogP contribution in [-0.2, 0) is 6.54 Å². The van der Waals surface area contributed by atoms with Crippen LogP contribution in [0.3, 0.4) is 0 Å². The molecule has 0 fully saturated rings. The van der Waals surface area contributed by atoms with Gasteiger partial charge in [0.05, 0.1) is 17.8 Å². The van der Waals surface area contributed by atoms with Crippen molar-refractivity contribution in [1.29, 1.82) is 0 Å². The van der Waals surface area contributed by atoms with E-state index in [9.17, 15) is 5.11 Å². The molecule has 0 amide bonds. The van der Waals surface area contributed by atoms with E-state index in [1.165, 1.54) is 7.11 Å². The van der Waals surface area contributed by atoms with Gasteiger partial charge < -0.3 is 20.1 Å². The van der Waals surface area contributed by atoms with Gasteiger partial charge in [-0.3, -0.25) is 0 Å². The van der Waals surface area contributed by atoms with Gasteiger partial charge >= 0.3 is 0 Å². The van der Waals surface area contributed by atoms with Crippen molar-refractivity contribution in [3.8, 4) is 11.5 Å². The van der Waals surface area contributed by atoms with Crippen LogP contribution in [-0.4, -0.2) is 26.3 Å². The number of aromatic hydroxyl groups is 1. The van der Waals surface area contributed by atoms with Crippen LogP contribution in [0, 0.1) is 0 Å². The van der Waals surface area contributed by atoms with Crippen LogP contribution in [0.25, 0.3) is 0 Å². The molecule has 2 aromatic carbocycles. The second-order valence-electron chi connectivity index (χ2n) is 4.88. The lowest BCUT2D eigenvalue weighted by Gasteiger charge is -2.16. The van der Waals surface area contributed by atoms with E-state index in [0.29, 0.717) is 17.3 Å². The molecular weight excluding hydrogens is 288 g/mol. The number of anilines is 2. The van der Waals surface area contributed by atoms with E-state index in [0.717, 1.165) is 16.9 Å². The zero-order chi connectivity index (χ0) is 15.4. The van der Waals surface area contributed by atoms with Crippen LogP contribution in [0.2, 0.25) is 5.02 Å². The van der Waals surface area contributed by atoms with Crippen molar-refractivity contribution in [1.82, 2.24) is 0 Å². The summed E-state index contributed by atoms with van der Waals surface area (Å²) in [6.07, 6.45) is 0. The molecule has 0 heterocycles. The fraction of sp³-hybridized carbons (Fsp3) is 0.250. The Morgan fingerprint density at radius 2 is 2.00 bits per heavy atom. The third kappa shape index (κ3) is 3.52. The van der Waals surface area contributed by atoms with Gasteiger partial charge in [-0.2, -0.15) is 0 Å². The number of phenols is 1. The summed E-state index contributed by atoms with van der Waals surface area (Å²) in [5.74, 6) is 0.624. The maximum atomic E-state index is 10.0. The second-order valence-corrected chi connectivity index (χ2v) is 5.29. The average molecular weight is 307 g/mol. The van der Waals surface area contributed by atoms with E-state index in [4.69, 9.17) is 16.3 Å². The van der Waals surface area contributed by atoms with E-state index in [2.05, 4.69) is 5.32 Å². The minimum atomic E-state index is 0.156. The number of benzene rings is 2. The Hall–Kier alpha value is -2.07. The molecule has 112 valence electrons. The van der Waals surface area contributed by atoms with Crippen LogP contribution in [0.1, 0.15) is 5.56 Å². The van der Waals surface area contributed by atoms with Crippen molar-refractivity contribution in [2.45, 2.75) is 6.54 Å². The standard InChI is InChI=1S/C16H19ClN2O2/c1-19(2)14-8-7-12(9-13(14)17)18-10-11-5-4-6-15(21-3)16(11)20/h4-9,18,20H,10H2,1-3H3. The summed E-state index contributed by atoms with van der Waals surface area (Å²) in [6, 6.07) is 11.2. The third-order valence-corrected chi connectivity index (χ3v) is 3.52. The lowest BCUT2D eigenvalue weighted by atomic mass is 10.1. The normalized spacial score (nSPS) is 10.3. The fourth-order valence-corrected chi connectivity index (χ4v) is 2.40. The van der Waals surface area contributed by atoms with Gasteiger partial charge in [-0.25, -0.2) is 0 Å². The quantitative estimate of drug-likeness (QED) is 0.883. The number of nitrogens with zero attached hydrogens (tertiary/aromatic N) is 1. The van der Waals surface area contributed by atoms with Crippen LogP contribution < -0.4 is 15.0 Å². The first kappa shape index (κ1) is 15.3. The van der Waals surface area contributed by atoms with Crippen LogP contribution >= 0.6 is 11.6 Å². The summed E-state index contributed by atoms with van der Waals surface area (Å²) in [7, 11) is 5.43. The first-order chi connectivity index (χ1) is 10.0. The second kappa shape index (κ2) is 6.59. The smallest absolute Gasteiger partial charge is 0.162 e. The molecule has 0 bridgehead atoms. The Labute approximate surface area is 129 Å². The average Bonchev–Trinajstić information content (AvgIpc) is 2.46. The number of methoxy groups -OCH3 is 1. The number of ether oxygens (including phenoxy) is 1. The van der Waals surface area contributed by atoms with E-state index in [1.54, 1.807) is 6.07 Å². The Kier molecular flexibility index (Phi) is 4.81. The highest BCUT2D eigenvalue weighted by atomic mass is 35.5. The lowest BCUT2D eigenvalue weighted by molar-refractivity contribution is 0.371. The highest BCUT2D eigenvalue weighted by Gasteiger charge is 2.08. The molecule has 2 aromatic rings. The molecule has 0 radical (unpaired) electrons. The number of hydrogen-bond acceptors (Lipinski definition) is 4. The molecule has 0 atom stereocenters. The summed E-state index contributed by atoms with van der Waals surface area (Å²) in [6.45, 7) is 0.487. The molecule has 0 saturated carbocycles. The van der Waals surface area contributed by atoms with Crippen LogP contribution in [0.4, 0.5) is 11.4 Å². The SMILES string of the molecule is COc1cccc(CNc2ccc(N(C)C)c(Cl)c2)c1O. The minimum absolute atomic E-state index is 0.156. The van der Waals surface area contributed by atoms with Gasteiger partial charge in [0.1, 0.15) is 0 Å². The largest absolute Gasteiger partial charge is 0.504 e. The molecule has 2 N–H and O–H groups in total. The summed E-state index contributed by atoms with van der Waals surface area (Å²) < 4.78 is 5.09. The number of nitrogens with one attached hydrogen (secondary N) is 1. The number of para-hydroxylation sites is 1. The topological polar surface area (TPSA) is 44.7 Å². The van der Waals surface area contributed by atoms with E-state index >= 15 is 0 Å². The Morgan fingerprint density at radius 1 is 1.24 bits per heavy atom. The van der Waals surface area contributed by atoms with Crippen LogP contribution in [0.5, 0.6) is 11.5 Å². The van der Waals surface area contributed by atoms with Gasteiger partial charge in [-0.15, -0.1) is 0 Å². The summed E-state index contributed by atoms with van der Waals surface area (Å²) in [5.41, 5.74) is 2.63. The van der Waals surface area contributed by atoms with Crippen molar-refractivity contribution in [2.75, 3.05) is 31.4 Å². The minimum Gasteiger partial charge on any atom is -0.504 e. The van der Waals surface area contributed by atoms with E-state index in [1.807, 2.05) is 49.3 Å². The maximum absolute atomic E-state index is 10.0. The molecule has 0 aromatic heterocycles.